The van der Waals surface area contributed by atoms with E-state index in [1.165, 1.54) is 6.08 Å². The SMILES string of the molecule is C#Cc1cccc(NC(=O)/C=C/c2ccccc2OCc2csc(C)n2)c1. The van der Waals surface area contributed by atoms with E-state index in [4.69, 9.17) is 11.2 Å². The lowest BCUT2D eigenvalue weighted by Crippen LogP contribution is -2.07. The van der Waals surface area contributed by atoms with Crippen molar-refractivity contribution in [2.45, 2.75) is 13.5 Å². The Labute approximate surface area is 162 Å². The molecule has 1 aromatic heterocycles. The molecular formula is C22H18N2O2S. The van der Waals surface area contributed by atoms with E-state index in [0.717, 1.165) is 16.3 Å². The summed E-state index contributed by atoms with van der Waals surface area (Å²) in [6.45, 7) is 2.35. The lowest BCUT2D eigenvalue weighted by atomic mass is 10.2. The molecule has 0 spiro atoms. The average molecular weight is 374 g/mol. The molecule has 0 aliphatic carbocycles. The van der Waals surface area contributed by atoms with E-state index in [1.807, 2.05) is 42.6 Å². The Balaban J connectivity index is 1.65. The second-order valence-electron chi connectivity index (χ2n) is 5.73. The van der Waals surface area contributed by atoms with Gasteiger partial charge in [-0.2, -0.15) is 0 Å². The van der Waals surface area contributed by atoms with Gasteiger partial charge in [0.2, 0.25) is 5.91 Å². The van der Waals surface area contributed by atoms with Gasteiger partial charge in [-0.05, 0) is 37.3 Å². The molecule has 0 bridgehead atoms. The highest BCUT2D eigenvalue weighted by Crippen LogP contribution is 2.21. The average Bonchev–Trinajstić information content (AvgIpc) is 3.10. The monoisotopic (exact) mass is 374 g/mol. The lowest BCUT2D eigenvalue weighted by Gasteiger charge is -2.08. The lowest BCUT2D eigenvalue weighted by molar-refractivity contribution is -0.111. The fourth-order valence-corrected chi connectivity index (χ4v) is 3.01. The Kier molecular flexibility index (Phi) is 6.03. The summed E-state index contributed by atoms with van der Waals surface area (Å²) < 4.78 is 5.86. The molecule has 1 amide bonds. The molecule has 0 atom stereocenters. The number of carbonyl (C=O) groups excluding carboxylic acids is 1. The first-order chi connectivity index (χ1) is 13.1. The number of nitrogens with one attached hydrogen (secondary N) is 1. The van der Waals surface area contributed by atoms with E-state index in [2.05, 4.69) is 16.2 Å². The molecular weight excluding hydrogens is 356 g/mol. The van der Waals surface area contributed by atoms with Crippen LogP contribution >= 0.6 is 11.3 Å². The van der Waals surface area contributed by atoms with Crippen LogP contribution in [0.2, 0.25) is 0 Å². The summed E-state index contributed by atoms with van der Waals surface area (Å²) in [5.74, 6) is 3.00. The molecule has 0 saturated carbocycles. The van der Waals surface area contributed by atoms with Crippen LogP contribution in [0.1, 0.15) is 21.8 Å². The number of benzene rings is 2. The van der Waals surface area contributed by atoms with Crippen molar-refractivity contribution >= 4 is 29.0 Å². The van der Waals surface area contributed by atoms with Crippen LogP contribution in [0.3, 0.4) is 0 Å². The minimum atomic E-state index is -0.242. The van der Waals surface area contributed by atoms with Crippen molar-refractivity contribution in [2.24, 2.45) is 0 Å². The normalized spacial score (nSPS) is 10.5. The summed E-state index contributed by atoms with van der Waals surface area (Å²) in [6, 6.07) is 14.7. The number of amides is 1. The van der Waals surface area contributed by atoms with Gasteiger partial charge in [0.25, 0.3) is 0 Å². The first-order valence-corrected chi connectivity index (χ1v) is 9.20. The highest BCUT2D eigenvalue weighted by Gasteiger charge is 2.04. The van der Waals surface area contributed by atoms with Gasteiger partial charge >= 0.3 is 0 Å². The number of ether oxygens (including phenoxy) is 1. The molecule has 3 rings (SSSR count). The summed E-state index contributed by atoms with van der Waals surface area (Å²) in [4.78, 5) is 16.6. The highest BCUT2D eigenvalue weighted by atomic mass is 32.1. The number of thiazole rings is 1. The van der Waals surface area contributed by atoms with Crippen LogP contribution in [-0.4, -0.2) is 10.9 Å². The Morgan fingerprint density at radius 2 is 2.15 bits per heavy atom. The Morgan fingerprint density at radius 1 is 1.30 bits per heavy atom. The highest BCUT2D eigenvalue weighted by molar-refractivity contribution is 7.09. The summed E-state index contributed by atoms with van der Waals surface area (Å²) >= 11 is 1.59. The maximum atomic E-state index is 12.2. The number of aromatic nitrogens is 1. The molecule has 3 aromatic rings. The molecule has 0 fully saturated rings. The summed E-state index contributed by atoms with van der Waals surface area (Å²) in [6.07, 6.45) is 8.57. The van der Waals surface area contributed by atoms with Gasteiger partial charge in [0, 0.05) is 28.3 Å². The van der Waals surface area contributed by atoms with E-state index in [-0.39, 0.29) is 5.91 Å². The summed E-state index contributed by atoms with van der Waals surface area (Å²) in [7, 11) is 0. The molecule has 0 radical (unpaired) electrons. The third-order valence-corrected chi connectivity index (χ3v) is 4.49. The van der Waals surface area contributed by atoms with E-state index in [0.29, 0.717) is 23.6 Å². The number of anilines is 1. The predicted octanol–water partition coefficient (Wildman–Crippen LogP) is 4.66. The van der Waals surface area contributed by atoms with Crippen molar-refractivity contribution in [3.05, 3.63) is 81.8 Å². The largest absolute Gasteiger partial charge is 0.487 e. The number of terminal acetylenes is 1. The third-order valence-electron chi connectivity index (χ3n) is 3.67. The van der Waals surface area contributed by atoms with Crippen LogP contribution in [0.15, 0.2) is 60.0 Å². The maximum Gasteiger partial charge on any atom is 0.248 e. The van der Waals surface area contributed by atoms with Crippen LogP contribution in [0.5, 0.6) is 5.75 Å². The Hall–Kier alpha value is -3.36. The quantitative estimate of drug-likeness (QED) is 0.504. The number of nitrogens with zero attached hydrogens (tertiary/aromatic N) is 1. The molecule has 4 nitrogen and oxygen atoms in total. The maximum absolute atomic E-state index is 12.2. The van der Waals surface area contributed by atoms with E-state index < -0.39 is 0 Å². The number of rotatable bonds is 6. The van der Waals surface area contributed by atoms with E-state index in [9.17, 15) is 4.79 Å². The van der Waals surface area contributed by atoms with Crippen LogP contribution in [-0.2, 0) is 11.4 Å². The second kappa shape index (κ2) is 8.84. The molecule has 0 unspecified atom stereocenters. The van der Waals surface area contributed by atoms with Gasteiger partial charge in [0.15, 0.2) is 0 Å². The van der Waals surface area contributed by atoms with Crippen LogP contribution in [0.25, 0.3) is 6.08 Å². The summed E-state index contributed by atoms with van der Waals surface area (Å²) in [5, 5.41) is 5.78. The minimum Gasteiger partial charge on any atom is -0.487 e. The molecule has 1 N–H and O–H groups in total. The topological polar surface area (TPSA) is 51.2 Å². The Bertz CT molecular complexity index is 1010. The van der Waals surface area contributed by atoms with Gasteiger partial charge in [0.1, 0.15) is 12.4 Å². The summed E-state index contributed by atoms with van der Waals surface area (Å²) in [5.41, 5.74) is 3.08. The van der Waals surface area contributed by atoms with Crippen LogP contribution in [0, 0.1) is 19.3 Å². The van der Waals surface area contributed by atoms with Crippen molar-refractivity contribution in [3.8, 4) is 18.1 Å². The third kappa shape index (κ3) is 5.30. The number of para-hydroxylation sites is 1. The van der Waals surface area contributed by atoms with E-state index in [1.54, 1.807) is 35.6 Å². The standard InChI is InChI=1S/C22H18N2O2S/c1-3-17-7-6-9-19(13-17)24-22(25)12-11-18-8-4-5-10-21(18)26-14-20-15-27-16(2)23-20/h1,4-13,15H,14H2,2H3,(H,24,25)/b12-11+. The Morgan fingerprint density at radius 3 is 2.93 bits per heavy atom. The van der Waals surface area contributed by atoms with Gasteiger partial charge in [-0.15, -0.1) is 17.8 Å². The zero-order valence-electron chi connectivity index (χ0n) is 14.8. The first kappa shape index (κ1) is 18.4. The smallest absolute Gasteiger partial charge is 0.248 e. The number of hydrogen-bond donors (Lipinski definition) is 1. The predicted molar refractivity (Wildman–Crippen MR) is 110 cm³/mol. The molecule has 0 aliphatic rings. The van der Waals surface area contributed by atoms with E-state index >= 15 is 0 Å². The van der Waals surface area contributed by atoms with Crippen molar-refractivity contribution in [3.63, 3.8) is 0 Å². The van der Waals surface area contributed by atoms with Crippen molar-refractivity contribution in [1.29, 1.82) is 0 Å². The van der Waals surface area contributed by atoms with Crippen LogP contribution < -0.4 is 10.1 Å². The minimum absolute atomic E-state index is 0.242. The van der Waals surface area contributed by atoms with Crippen LogP contribution in [0.4, 0.5) is 5.69 Å². The number of hydrogen-bond acceptors (Lipinski definition) is 4. The molecule has 2 aromatic carbocycles. The fourth-order valence-electron chi connectivity index (χ4n) is 2.41. The molecule has 0 saturated heterocycles. The number of carbonyl (C=O) groups is 1. The fraction of sp³-hybridized carbons (Fsp3) is 0.0909. The molecule has 27 heavy (non-hydrogen) atoms. The first-order valence-electron chi connectivity index (χ1n) is 8.32. The van der Waals surface area contributed by atoms with Gasteiger partial charge in [0.05, 0.1) is 10.7 Å². The number of aryl methyl sites for hydroxylation is 1. The van der Waals surface area contributed by atoms with Crippen molar-refractivity contribution in [2.75, 3.05) is 5.32 Å². The van der Waals surface area contributed by atoms with Gasteiger partial charge in [-0.3, -0.25) is 4.79 Å². The second-order valence-corrected chi connectivity index (χ2v) is 6.79. The molecule has 5 heteroatoms. The molecule has 134 valence electrons. The van der Waals surface area contributed by atoms with Crippen molar-refractivity contribution in [1.82, 2.24) is 4.98 Å². The molecule has 1 heterocycles. The zero-order valence-corrected chi connectivity index (χ0v) is 15.6. The van der Waals surface area contributed by atoms with Gasteiger partial charge < -0.3 is 10.1 Å². The zero-order chi connectivity index (χ0) is 19.1. The van der Waals surface area contributed by atoms with Gasteiger partial charge in [-0.1, -0.05) is 30.2 Å². The molecule has 0 aliphatic heterocycles. The van der Waals surface area contributed by atoms with Crippen molar-refractivity contribution < 1.29 is 9.53 Å². The van der Waals surface area contributed by atoms with Gasteiger partial charge in [-0.25, -0.2) is 4.98 Å².